The number of hydrogen-bond donors (Lipinski definition) is 0. The molecular weight excluding hydrogens is 657 g/mol. The molecule has 0 radical (unpaired) electrons. The van der Waals surface area contributed by atoms with Gasteiger partial charge < -0.3 is 0 Å². The van der Waals surface area contributed by atoms with Crippen LogP contribution in [-0.4, -0.2) is 11.6 Å². The predicted octanol–water partition coefficient (Wildman–Crippen LogP) is 12.6. The van der Waals surface area contributed by atoms with Crippen LogP contribution < -0.4 is 0 Å². The Bertz CT molecular complexity index is 2540. The lowest BCUT2D eigenvalue weighted by Gasteiger charge is -2.38. The van der Waals surface area contributed by atoms with Crippen molar-refractivity contribution in [3.05, 3.63) is 190 Å². The molecule has 2 nitrogen and oxygen atoms in total. The molecule has 2 bridgehead atoms. The molecule has 0 amide bonds. The van der Waals surface area contributed by atoms with Gasteiger partial charge >= 0.3 is 0 Å². The van der Waals surface area contributed by atoms with E-state index in [1.165, 1.54) is 44.5 Å². The summed E-state index contributed by atoms with van der Waals surface area (Å²) >= 11 is 0. The number of hydrogen-bond acceptors (Lipinski definition) is 2. The molecule has 8 aromatic rings. The van der Waals surface area contributed by atoms with E-state index in [1.807, 2.05) is 0 Å². The van der Waals surface area contributed by atoms with Gasteiger partial charge in [0, 0.05) is 0 Å². The van der Waals surface area contributed by atoms with Crippen LogP contribution in [0.15, 0.2) is 146 Å². The fourth-order valence-electron chi connectivity index (χ4n) is 9.35. The lowest BCUT2D eigenvalue weighted by atomic mass is 9.61. The molecule has 0 spiro atoms. The number of Topliss-reactive ketones (excluding diaryl/α,β-unsaturated/α-hetero) is 2. The molecule has 2 heteroatoms. The molecule has 0 heterocycles. The van der Waals surface area contributed by atoms with E-state index in [-0.39, 0.29) is 11.6 Å². The zero-order chi connectivity index (χ0) is 36.8. The van der Waals surface area contributed by atoms with Gasteiger partial charge in [-0.05, 0) is 187 Å². The van der Waals surface area contributed by atoms with Gasteiger partial charge in [0.1, 0.15) is 0 Å². The van der Waals surface area contributed by atoms with Crippen LogP contribution in [0.4, 0.5) is 0 Å². The van der Waals surface area contributed by atoms with Gasteiger partial charge in [-0.25, -0.2) is 0 Å². The highest BCUT2D eigenvalue weighted by atomic mass is 16.2. The molecule has 3 aliphatic rings. The highest BCUT2D eigenvalue weighted by Crippen LogP contribution is 2.53. The van der Waals surface area contributed by atoms with Crippen molar-refractivity contribution in [1.29, 1.82) is 0 Å². The second-order valence-corrected chi connectivity index (χ2v) is 15.3. The Kier molecular flexibility index (Phi) is 7.22. The van der Waals surface area contributed by atoms with E-state index in [4.69, 9.17) is 0 Å². The molecule has 0 N–H and O–H groups in total. The average Bonchev–Trinajstić information content (AvgIpc) is 3.17. The number of carbonyl (C=O) groups is 2. The Hall–Kier alpha value is -6.38. The van der Waals surface area contributed by atoms with Gasteiger partial charge in [-0.1, -0.05) is 97.1 Å². The summed E-state index contributed by atoms with van der Waals surface area (Å²) in [5, 5.41) is 4.29. The third-order valence-electron chi connectivity index (χ3n) is 12.1. The smallest absolute Gasteiger partial charge is 0.211 e. The molecule has 11 rings (SSSR count). The Balaban J connectivity index is 1.21. The Morgan fingerprint density at radius 1 is 0.296 bits per heavy atom. The summed E-state index contributed by atoms with van der Waals surface area (Å²) in [5.41, 5.74) is 18.1. The van der Waals surface area contributed by atoms with Crippen molar-refractivity contribution >= 4 is 33.1 Å². The van der Waals surface area contributed by atoms with Crippen LogP contribution in [0.1, 0.15) is 56.3 Å². The summed E-state index contributed by atoms with van der Waals surface area (Å²) in [7, 11) is 0. The van der Waals surface area contributed by atoms with E-state index in [0.717, 1.165) is 66.1 Å². The molecule has 8 aromatic carbocycles. The fraction of sp³-hybridized carbons (Fsp3) is 0.115. The summed E-state index contributed by atoms with van der Waals surface area (Å²) in [4.78, 5) is 28.1. The third kappa shape index (κ3) is 4.80. The van der Waals surface area contributed by atoms with Crippen LogP contribution >= 0.6 is 0 Å². The summed E-state index contributed by atoms with van der Waals surface area (Å²) < 4.78 is 0. The quantitative estimate of drug-likeness (QED) is 0.172. The largest absolute Gasteiger partial charge is 0.290 e. The molecule has 0 saturated carbocycles. The zero-order valence-electron chi connectivity index (χ0n) is 30.8. The van der Waals surface area contributed by atoms with E-state index >= 15 is 0 Å². The van der Waals surface area contributed by atoms with Crippen molar-refractivity contribution in [3.8, 4) is 44.5 Å². The fourth-order valence-corrected chi connectivity index (χ4v) is 9.35. The lowest BCUT2D eigenvalue weighted by Crippen LogP contribution is -2.40. The van der Waals surface area contributed by atoms with Gasteiger partial charge in [-0.3, -0.25) is 9.59 Å². The summed E-state index contributed by atoms with van der Waals surface area (Å²) in [5.74, 6) is -1.86. The van der Waals surface area contributed by atoms with E-state index in [9.17, 15) is 9.59 Å². The van der Waals surface area contributed by atoms with Crippen molar-refractivity contribution in [2.45, 2.75) is 39.5 Å². The molecule has 0 aliphatic heterocycles. The monoisotopic (exact) mass is 694 g/mol. The van der Waals surface area contributed by atoms with Crippen molar-refractivity contribution in [2.24, 2.45) is 0 Å². The SMILES string of the molecule is Cc1ccccc1-c1cc2cc3c(cc2cc1-c1ccccc1C)C1C(=O)C(=O)C3c2cc3cc(-c4ccccc4C)c(-c4ccccc4C)cc3cc21. The number of benzene rings is 8. The third-order valence-corrected chi connectivity index (χ3v) is 12.1. The Morgan fingerprint density at radius 3 is 0.741 bits per heavy atom. The highest BCUT2D eigenvalue weighted by Gasteiger charge is 2.49. The van der Waals surface area contributed by atoms with Crippen LogP contribution in [0.5, 0.6) is 0 Å². The minimum Gasteiger partial charge on any atom is -0.290 e. The summed E-state index contributed by atoms with van der Waals surface area (Å²) in [6, 6.07) is 52.1. The lowest BCUT2D eigenvalue weighted by molar-refractivity contribution is -0.138. The van der Waals surface area contributed by atoms with Crippen LogP contribution in [0, 0.1) is 27.7 Å². The van der Waals surface area contributed by atoms with E-state index < -0.39 is 11.8 Å². The second-order valence-electron chi connectivity index (χ2n) is 15.3. The number of carbonyl (C=O) groups excluding carboxylic acids is 2. The number of fused-ring (bicyclic) bond motifs is 3. The van der Waals surface area contributed by atoms with E-state index in [0.29, 0.717) is 0 Å². The Morgan fingerprint density at radius 2 is 0.519 bits per heavy atom. The normalized spacial score (nSPS) is 15.9. The van der Waals surface area contributed by atoms with Gasteiger partial charge in [-0.2, -0.15) is 0 Å². The average molecular weight is 695 g/mol. The first-order valence-corrected chi connectivity index (χ1v) is 18.8. The maximum atomic E-state index is 14.1. The first-order valence-electron chi connectivity index (χ1n) is 18.8. The molecule has 0 fully saturated rings. The number of aryl methyl sites for hydroxylation is 4. The molecule has 0 atom stereocenters. The van der Waals surface area contributed by atoms with Gasteiger partial charge in [0.15, 0.2) is 0 Å². The first kappa shape index (κ1) is 32.3. The summed E-state index contributed by atoms with van der Waals surface area (Å²) in [6.45, 7) is 8.64. The zero-order valence-corrected chi connectivity index (χ0v) is 30.8. The molecule has 258 valence electrons. The summed E-state index contributed by atoms with van der Waals surface area (Å²) in [6.07, 6.45) is 0. The van der Waals surface area contributed by atoms with Crippen LogP contribution in [0.3, 0.4) is 0 Å². The van der Waals surface area contributed by atoms with Crippen molar-refractivity contribution < 1.29 is 9.59 Å². The van der Waals surface area contributed by atoms with Crippen molar-refractivity contribution in [1.82, 2.24) is 0 Å². The number of ketones is 2. The molecular formula is C52H38O2. The predicted molar refractivity (Wildman–Crippen MR) is 222 cm³/mol. The molecule has 0 unspecified atom stereocenters. The topological polar surface area (TPSA) is 34.1 Å². The standard InChI is InChI=1S/C52H38O2/c1-29-13-5-9-17-37(29)41-21-33-25-45-46(26-34(33)22-42(41)38-18-10-6-14-30(38)2)50-48-28-36-24-44(40-20-12-8-16-32(40)4)43(39-19-11-7-15-31(39)3)23-35(36)27-47(48)49(45)51(53)52(50)54/h5-28,49-50H,1-4H3. The van der Waals surface area contributed by atoms with Crippen molar-refractivity contribution in [3.63, 3.8) is 0 Å². The van der Waals surface area contributed by atoms with E-state index in [1.54, 1.807) is 0 Å². The first-order chi connectivity index (χ1) is 26.3. The van der Waals surface area contributed by atoms with Gasteiger partial charge in [-0.15, -0.1) is 0 Å². The van der Waals surface area contributed by atoms with Crippen LogP contribution in [0.25, 0.3) is 66.1 Å². The minimum atomic E-state index is -0.628. The maximum Gasteiger partial charge on any atom is 0.211 e. The van der Waals surface area contributed by atoms with Gasteiger partial charge in [0.2, 0.25) is 11.6 Å². The molecule has 54 heavy (non-hydrogen) atoms. The highest BCUT2D eigenvalue weighted by molar-refractivity contribution is 6.45. The van der Waals surface area contributed by atoms with Crippen molar-refractivity contribution in [2.75, 3.05) is 0 Å². The Labute approximate surface area is 315 Å². The van der Waals surface area contributed by atoms with Gasteiger partial charge in [0.25, 0.3) is 0 Å². The van der Waals surface area contributed by atoms with Crippen LogP contribution in [-0.2, 0) is 9.59 Å². The molecule has 0 aromatic heterocycles. The molecule has 3 aliphatic carbocycles. The minimum absolute atomic E-state index is 0.301. The second kappa shape index (κ2) is 12.1. The van der Waals surface area contributed by atoms with E-state index in [2.05, 4.69) is 173 Å². The molecule has 0 saturated heterocycles. The maximum absolute atomic E-state index is 14.1. The number of rotatable bonds is 4. The van der Waals surface area contributed by atoms with Gasteiger partial charge in [0.05, 0.1) is 11.8 Å². The van der Waals surface area contributed by atoms with Crippen LogP contribution in [0.2, 0.25) is 0 Å².